The molecule has 3 unspecified atom stereocenters. The summed E-state index contributed by atoms with van der Waals surface area (Å²) in [6.07, 6.45) is 4.28. The number of ketones is 1. The normalized spacial score (nSPS) is 38.5. The van der Waals surface area contributed by atoms with Crippen molar-refractivity contribution in [1.82, 2.24) is 4.90 Å². The fourth-order valence-electron chi connectivity index (χ4n) is 2.75. The van der Waals surface area contributed by atoms with Crippen LogP contribution in [0.15, 0.2) is 0 Å². The molecule has 3 heteroatoms. The maximum Gasteiger partial charge on any atom is 0.149 e. The number of rotatable bonds is 2. The first-order chi connectivity index (χ1) is 7.22. The number of ether oxygens (including phenoxy) is 1. The molecule has 2 fully saturated rings. The van der Waals surface area contributed by atoms with Crippen LogP contribution in [0.4, 0.5) is 0 Å². The maximum atomic E-state index is 11.8. The van der Waals surface area contributed by atoms with Crippen LogP contribution in [0.5, 0.6) is 0 Å². The van der Waals surface area contributed by atoms with Gasteiger partial charge in [-0.1, -0.05) is 6.92 Å². The highest BCUT2D eigenvalue weighted by Crippen LogP contribution is 2.26. The molecule has 1 saturated carbocycles. The van der Waals surface area contributed by atoms with E-state index < -0.39 is 0 Å². The van der Waals surface area contributed by atoms with E-state index in [1.807, 2.05) is 0 Å². The summed E-state index contributed by atoms with van der Waals surface area (Å²) in [5.74, 6) is 0.447. The van der Waals surface area contributed by atoms with E-state index in [2.05, 4.69) is 18.7 Å². The van der Waals surface area contributed by atoms with Crippen molar-refractivity contribution in [2.75, 3.05) is 13.2 Å². The van der Waals surface area contributed by atoms with Crippen molar-refractivity contribution in [2.45, 2.75) is 57.7 Å². The molecule has 0 aromatic carbocycles. The number of carbonyl (C=O) groups excluding carboxylic acids is 1. The Kier molecular flexibility index (Phi) is 3.42. The van der Waals surface area contributed by atoms with E-state index in [-0.39, 0.29) is 12.1 Å². The highest BCUT2D eigenvalue weighted by Gasteiger charge is 2.36. The number of carbonyl (C=O) groups is 1. The number of morpholine rings is 1. The van der Waals surface area contributed by atoms with Gasteiger partial charge < -0.3 is 4.74 Å². The smallest absolute Gasteiger partial charge is 0.149 e. The molecule has 15 heavy (non-hydrogen) atoms. The van der Waals surface area contributed by atoms with Gasteiger partial charge in [0, 0.05) is 19.0 Å². The highest BCUT2D eigenvalue weighted by molar-refractivity contribution is 5.85. The molecule has 0 aromatic rings. The van der Waals surface area contributed by atoms with Crippen molar-refractivity contribution in [3.63, 3.8) is 0 Å². The van der Waals surface area contributed by atoms with Crippen molar-refractivity contribution in [3.8, 4) is 0 Å². The summed E-state index contributed by atoms with van der Waals surface area (Å²) in [7, 11) is 0. The zero-order valence-corrected chi connectivity index (χ0v) is 9.74. The number of Topliss-reactive ketones (excluding diaryl/α,β-unsaturated/α-hetero) is 1. The molecule has 3 atom stereocenters. The monoisotopic (exact) mass is 211 g/mol. The minimum Gasteiger partial charge on any atom is -0.376 e. The van der Waals surface area contributed by atoms with Gasteiger partial charge in [-0.3, -0.25) is 9.69 Å². The quantitative estimate of drug-likeness (QED) is 0.695. The Morgan fingerprint density at radius 3 is 2.93 bits per heavy atom. The van der Waals surface area contributed by atoms with Gasteiger partial charge in [-0.25, -0.2) is 0 Å². The van der Waals surface area contributed by atoms with Crippen molar-refractivity contribution >= 4 is 5.78 Å². The molecule has 3 nitrogen and oxygen atoms in total. The van der Waals surface area contributed by atoms with Crippen molar-refractivity contribution in [2.24, 2.45) is 0 Å². The van der Waals surface area contributed by atoms with E-state index in [9.17, 15) is 4.79 Å². The molecule has 2 aliphatic rings. The van der Waals surface area contributed by atoms with E-state index in [1.165, 1.54) is 0 Å². The highest BCUT2D eigenvalue weighted by atomic mass is 16.5. The Morgan fingerprint density at radius 2 is 2.33 bits per heavy atom. The molecule has 0 spiro atoms. The van der Waals surface area contributed by atoms with E-state index >= 15 is 0 Å². The predicted molar refractivity (Wildman–Crippen MR) is 58.8 cm³/mol. The maximum absolute atomic E-state index is 11.8. The summed E-state index contributed by atoms with van der Waals surface area (Å²) in [6, 6.07) is 0.648. The van der Waals surface area contributed by atoms with Gasteiger partial charge in [0.2, 0.25) is 0 Å². The van der Waals surface area contributed by atoms with Gasteiger partial charge in [-0.2, -0.15) is 0 Å². The Bertz CT molecular complexity index is 242. The van der Waals surface area contributed by atoms with Gasteiger partial charge in [-0.05, 0) is 26.2 Å². The average molecular weight is 211 g/mol. The van der Waals surface area contributed by atoms with Crippen LogP contribution in [0, 0.1) is 0 Å². The topological polar surface area (TPSA) is 29.5 Å². The van der Waals surface area contributed by atoms with Gasteiger partial charge in [-0.15, -0.1) is 0 Å². The third-order valence-electron chi connectivity index (χ3n) is 3.65. The molecule has 0 aromatic heterocycles. The lowest BCUT2D eigenvalue weighted by Crippen LogP contribution is -2.54. The summed E-state index contributed by atoms with van der Waals surface area (Å²) < 4.78 is 5.65. The third kappa shape index (κ3) is 2.23. The molecular weight excluding hydrogens is 190 g/mol. The fraction of sp³-hybridized carbons (Fsp3) is 0.917. The molecule has 0 N–H and O–H groups in total. The summed E-state index contributed by atoms with van der Waals surface area (Å²) in [5.41, 5.74) is 0. The zero-order valence-electron chi connectivity index (χ0n) is 9.74. The Hall–Kier alpha value is -0.410. The standard InChI is InChI=1S/C12H21NO2/c1-3-10-8-15-9(2)7-13(10)11-5-4-6-12(11)14/h9-11H,3-8H2,1-2H3. The van der Waals surface area contributed by atoms with Crippen LogP contribution in [0.25, 0.3) is 0 Å². The van der Waals surface area contributed by atoms with Gasteiger partial charge in [0.1, 0.15) is 5.78 Å². The first-order valence-corrected chi connectivity index (χ1v) is 6.12. The van der Waals surface area contributed by atoms with Crippen LogP contribution >= 0.6 is 0 Å². The molecule has 0 bridgehead atoms. The average Bonchev–Trinajstić information content (AvgIpc) is 2.64. The van der Waals surface area contributed by atoms with E-state index in [0.717, 1.165) is 38.8 Å². The Morgan fingerprint density at radius 1 is 1.53 bits per heavy atom. The second-order valence-electron chi connectivity index (χ2n) is 4.78. The molecule has 0 radical (unpaired) electrons. The molecule has 2 rings (SSSR count). The van der Waals surface area contributed by atoms with E-state index in [0.29, 0.717) is 11.8 Å². The molecule has 1 aliphatic heterocycles. The first-order valence-electron chi connectivity index (χ1n) is 6.12. The largest absolute Gasteiger partial charge is 0.376 e. The minimum absolute atomic E-state index is 0.196. The minimum atomic E-state index is 0.196. The summed E-state index contributed by atoms with van der Waals surface area (Å²) in [6.45, 7) is 5.99. The zero-order chi connectivity index (χ0) is 10.8. The number of nitrogens with zero attached hydrogens (tertiary/aromatic N) is 1. The number of hydrogen-bond donors (Lipinski definition) is 0. The first kappa shape index (κ1) is 11.1. The van der Waals surface area contributed by atoms with Crippen LogP contribution < -0.4 is 0 Å². The SMILES string of the molecule is CCC1COC(C)CN1C1CCCC1=O. The Labute approximate surface area is 91.8 Å². The van der Waals surface area contributed by atoms with Gasteiger partial charge in [0.15, 0.2) is 0 Å². The second-order valence-corrected chi connectivity index (χ2v) is 4.78. The van der Waals surface area contributed by atoms with Crippen LogP contribution in [0.1, 0.15) is 39.5 Å². The van der Waals surface area contributed by atoms with E-state index in [4.69, 9.17) is 4.74 Å². The summed E-state index contributed by atoms with van der Waals surface area (Å²) >= 11 is 0. The van der Waals surface area contributed by atoms with Crippen LogP contribution in [-0.2, 0) is 9.53 Å². The Balaban J connectivity index is 2.05. The lowest BCUT2D eigenvalue weighted by Gasteiger charge is -2.41. The fourth-order valence-corrected chi connectivity index (χ4v) is 2.75. The second kappa shape index (κ2) is 4.62. The predicted octanol–water partition coefficient (Wildman–Crippen LogP) is 1.61. The molecule has 1 saturated heterocycles. The van der Waals surface area contributed by atoms with Crippen molar-refractivity contribution in [1.29, 1.82) is 0 Å². The van der Waals surface area contributed by atoms with Crippen LogP contribution in [0.2, 0.25) is 0 Å². The van der Waals surface area contributed by atoms with Crippen LogP contribution in [0.3, 0.4) is 0 Å². The summed E-state index contributed by atoms with van der Waals surface area (Å²) in [4.78, 5) is 14.2. The van der Waals surface area contributed by atoms with E-state index in [1.54, 1.807) is 0 Å². The van der Waals surface area contributed by atoms with Gasteiger partial charge >= 0.3 is 0 Å². The van der Waals surface area contributed by atoms with Crippen molar-refractivity contribution < 1.29 is 9.53 Å². The van der Waals surface area contributed by atoms with Gasteiger partial charge in [0.25, 0.3) is 0 Å². The number of hydrogen-bond acceptors (Lipinski definition) is 3. The summed E-state index contributed by atoms with van der Waals surface area (Å²) in [5, 5.41) is 0. The lowest BCUT2D eigenvalue weighted by molar-refractivity contribution is -0.128. The molecule has 1 heterocycles. The van der Waals surface area contributed by atoms with Crippen LogP contribution in [-0.4, -0.2) is 42.0 Å². The van der Waals surface area contributed by atoms with Crippen molar-refractivity contribution in [3.05, 3.63) is 0 Å². The molecule has 86 valence electrons. The molecule has 1 aliphatic carbocycles. The lowest BCUT2D eigenvalue weighted by atomic mass is 10.1. The molecule has 0 amide bonds. The molecular formula is C12H21NO2. The third-order valence-corrected chi connectivity index (χ3v) is 3.65. The van der Waals surface area contributed by atoms with Gasteiger partial charge in [0.05, 0.1) is 18.8 Å².